The average molecular weight is 224 g/mol. The smallest absolute Gasteiger partial charge is 0.257 e. The van der Waals surface area contributed by atoms with Crippen molar-refractivity contribution in [2.75, 3.05) is 19.7 Å². The highest BCUT2D eigenvalue weighted by molar-refractivity contribution is 5.94. The first-order valence-corrected chi connectivity index (χ1v) is 5.37. The van der Waals surface area contributed by atoms with Crippen LogP contribution in [0.3, 0.4) is 0 Å². The maximum Gasteiger partial charge on any atom is 0.257 e. The number of rotatable bonds is 2. The third kappa shape index (κ3) is 2.10. The van der Waals surface area contributed by atoms with E-state index in [9.17, 15) is 4.79 Å². The van der Waals surface area contributed by atoms with Gasteiger partial charge in [-0.05, 0) is 13.0 Å². The van der Waals surface area contributed by atoms with Crippen molar-refractivity contribution < 1.29 is 13.9 Å². The second-order valence-electron chi connectivity index (χ2n) is 4.01. The van der Waals surface area contributed by atoms with Gasteiger partial charge >= 0.3 is 0 Å². The van der Waals surface area contributed by atoms with Crippen LogP contribution in [-0.4, -0.2) is 42.6 Å². The number of nitrogens with two attached hydrogens (primary N) is 1. The molecule has 1 aliphatic rings. The van der Waals surface area contributed by atoms with Gasteiger partial charge in [-0.2, -0.15) is 0 Å². The molecule has 2 rings (SSSR count). The number of hydrogen-bond donors (Lipinski definition) is 1. The van der Waals surface area contributed by atoms with E-state index in [1.807, 2.05) is 6.92 Å². The van der Waals surface area contributed by atoms with E-state index >= 15 is 0 Å². The summed E-state index contributed by atoms with van der Waals surface area (Å²) in [7, 11) is 0. The third-order valence-electron chi connectivity index (χ3n) is 2.80. The minimum atomic E-state index is -0.0629. The molecular weight excluding hydrogens is 208 g/mol. The fourth-order valence-electron chi connectivity index (χ4n) is 1.79. The van der Waals surface area contributed by atoms with Gasteiger partial charge in [-0.15, -0.1) is 0 Å². The van der Waals surface area contributed by atoms with E-state index in [2.05, 4.69) is 0 Å². The molecule has 2 heterocycles. The zero-order valence-corrected chi connectivity index (χ0v) is 9.26. The van der Waals surface area contributed by atoms with Gasteiger partial charge in [-0.1, -0.05) is 0 Å². The topological polar surface area (TPSA) is 68.7 Å². The highest BCUT2D eigenvalue weighted by Gasteiger charge is 2.29. The summed E-state index contributed by atoms with van der Waals surface area (Å²) >= 11 is 0. The Labute approximate surface area is 94.1 Å². The summed E-state index contributed by atoms with van der Waals surface area (Å²) in [5.74, 6) is -0.0250. The van der Waals surface area contributed by atoms with E-state index in [0.29, 0.717) is 25.3 Å². The first-order valence-electron chi connectivity index (χ1n) is 5.37. The molecule has 5 heteroatoms. The lowest BCUT2D eigenvalue weighted by Crippen LogP contribution is -2.52. The van der Waals surface area contributed by atoms with E-state index in [1.54, 1.807) is 11.0 Å². The molecule has 1 saturated heterocycles. The Morgan fingerprint density at radius 2 is 2.50 bits per heavy atom. The molecule has 2 unspecified atom stereocenters. The summed E-state index contributed by atoms with van der Waals surface area (Å²) in [5, 5.41) is 0. The van der Waals surface area contributed by atoms with Crippen LogP contribution >= 0.6 is 0 Å². The second kappa shape index (κ2) is 4.67. The third-order valence-corrected chi connectivity index (χ3v) is 2.80. The van der Waals surface area contributed by atoms with Crippen LogP contribution in [0.1, 0.15) is 17.3 Å². The summed E-state index contributed by atoms with van der Waals surface area (Å²) in [6, 6.07) is 1.74. The maximum atomic E-state index is 12.1. The van der Waals surface area contributed by atoms with Gasteiger partial charge in [0, 0.05) is 13.1 Å². The van der Waals surface area contributed by atoms with Gasteiger partial charge in [0.05, 0.1) is 30.6 Å². The molecule has 2 atom stereocenters. The van der Waals surface area contributed by atoms with Crippen molar-refractivity contribution in [3.63, 3.8) is 0 Å². The number of amides is 1. The molecule has 1 aromatic heterocycles. The number of nitrogens with zero attached hydrogens (tertiary/aromatic N) is 1. The van der Waals surface area contributed by atoms with Crippen LogP contribution in [0.25, 0.3) is 0 Å². The van der Waals surface area contributed by atoms with Crippen LogP contribution in [0.2, 0.25) is 0 Å². The molecule has 88 valence electrons. The first-order chi connectivity index (χ1) is 7.72. The summed E-state index contributed by atoms with van der Waals surface area (Å²) < 4.78 is 10.4. The quantitative estimate of drug-likeness (QED) is 0.792. The molecule has 0 radical (unpaired) electrons. The molecule has 5 nitrogen and oxygen atoms in total. The fourth-order valence-corrected chi connectivity index (χ4v) is 1.79. The van der Waals surface area contributed by atoms with Gasteiger partial charge in [-0.3, -0.25) is 4.79 Å². The van der Waals surface area contributed by atoms with Crippen molar-refractivity contribution in [3.05, 3.63) is 24.2 Å². The number of morpholine rings is 1. The maximum absolute atomic E-state index is 12.1. The Balaban J connectivity index is 2.09. The zero-order chi connectivity index (χ0) is 11.5. The number of carbonyl (C=O) groups excluding carboxylic acids is 1. The molecule has 1 fully saturated rings. The molecule has 1 aromatic rings. The van der Waals surface area contributed by atoms with Gasteiger partial charge in [-0.25, -0.2) is 0 Å². The standard InChI is InChI=1S/C11H16N2O3/c1-8-6-16-10(4-12)5-13(8)11(14)9-2-3-15-7-9/h2-3,7-8,10H,4-6,12H2,1H3. The predicted octanol–water partition coefficient (Wildman–Crippen LogP) is 0.468. The van der Waals surface area contributed by atoms with E-state index in [1.165, 1.54) is 12.5 Å². The molecule has 0 spiro atoms. The summed E-state index contributed by atoms with van der Waals surface area (Å²) in [4.78, 5) is 13.9. The lowest BCUT2D eigenvalue weighted by molar-refractivity contribution is -0.0426. The van der Waals surface area contributed by atoms with Crippen molar-refractivity contribution in [1.29, 1.82) is 0 Å². The normalized spacial score (nSPS) is 25.8. The highest BCUT2D eigenvalue weighted by Crippen LogP contribution is 2.15. The van der Waals surface area contributed by atoms with E-state index in [0.717, 1.165) is 0 Å². The first kappa shape index (κ1) is 11.2. The molecule has 0 bridgehead atoms. The van der Waals surface area contributed by atoms with E-state index < -0.39 is 0 Å². The van der Waals surface area contributed by atoms with Crippen LogP contribution in [0.15, 0.2) is 23.0 Å². The van der Waals surface area contributed by atoms with E-state index in [-0.39, 0.29) is 18.1 Å². The van der Waals surface area contributed by atoms with Gasteiger partial charge in [0.25, 0.3) is 5.91 Å². The molecule has 0 saturated carbocycles. The lowest BCUT2D eigenvalue weighted by Gasteiger charge is -2.37. The molecule has 1 amide bonds. The van der Waals surface area contributed by atoms with Crippen molar-refractivity contribution in [2.24, 2.45) is 5.73 Å². The van der Waals surface area contributed by atoms with Crippen LogP contribution < -0.4 is 5.73 Å². The fraction of sp³-hybridized carbons (Fsp3) is 0.545. The van der Waals surface area contributed by atoms with E-state index in [4.69, 9.17) is 14.9 Å². The summed E-state index contributed by atoms with van der Waals surface area (Å²) in [6.07, 6.45) is 2.90. The average Bonchev–Trinajstić information content (AvgIpc) is 2.82. The van der Waals surface area contributed by atoms with Crippen LogP contribution in [0, 0.1) is 0 Å². The zero-order valence-electron chi connectivity index (χ0n) is 9.26. The molecule has 2 N–H and O–H groups in total. The molecule has 0 aliphatic carbocycles. The van der Waals surface area contributed by atoms with Gasteiger partial charge < -0.3 is 19.8 Å². The lowest BCUT2D eigenvalue weighted by atomic mass is 10.1. The highest BCUT2D eigenvalue weighted by atomic mass is 16.5. The largest absolute Gasteiger partial charge is 0.472 e. The van der Waals surface area contributed by atoms with Crippen LogP contribution in [0.4, 0.5) is 0 Å². The molecular formula is C11H16N2O3. The Morgan fingerprint density at radius 1 is 1.69 bits per heavy atom. The van der Waals surface area contributed by atoms with Gasteiger partial charge in [0.15, 0.2) is 0 Å². The van der Waals surface area contributed by atoms with Crippen LogP contribution in [0.5, 0.6) is 0 Å². The number of furan rings is 1. The van der Waals surface area contributed by atoms with Crippen molar-refractivity contribution in [1.82, 2.24) is 4.90 Å². The van der Waals surface area contributed by atoms with Crippen molar-refractivity contribution in [2.45, 2.75) is 19.1 Å². The van der Waals surface area contributed by atoms with Crippen molar-refractivity contribution >= 4 is 5.91 Å². The summed E-state index contributed by atoms with van der Waals surface area (Å²) in [5.41, 5.74) is 6.12. The number of ether oxygens (including phenoxy) is 1. The summed E-state index contributed by atoms with van der Waals surface area (Å²) in [6.45, 7) is 3.47. The minimum Gasteiger partial charge on any atom is -0.472 e. The van der Waals surface area contributed by atoms with Crippen LogP contribution in [-0.2, 0) is 4.74 Å². The van der Waals surface area contributed by atoms with Gasteiger partial charge in [0.2, 0.25) is 0 Å². The number of carbonyl (C=O) groups is 1. The Bertz CT molecular complexity index is 350. The monoisotopic (exact) mass is 224 g/mol. The Morgan fingerprint density at radius 3 is 3.12 bits per heavy atom. The second-order valence-corrected chi connectivity index (χ2v) is 4.01. The Hall–Kier alpha value is -1.33. The SMILES string of the molecule is CC1COC(CN)CN1C(=O)c1ccoc1. The molecule has 1 aliphatic heterocycles. The molecule has 16 heavy (non-hydrogen) atoms. The Kier molecular flexibility index (Phi) is 3.26. The predicted molar refractivity (Wildman–Crippen MR) is 58.0 cm³/mol. The van der Waals surface area contributed by atoms with Gasteiger partial charge in [0.1, 0.15) is 6.26 Å². The minimum absolute atomic E-state index is 0.0250. The number of hydrogen-bond acceptors (Lipinski definition) is 4. The van der Waals surface area contributed by atoms with Crippen molar-refractivity contribution in [3.8, 4) is 0 Å². The molecule has 0 aromatic carbocycles.